The summed E-state index contributed by atoms with van der Waals surface area (Å²) < 4.78 is 137. The maximum atomic E-state index is 12.9. The number of carbonyl (C=O) groups is 5. The van der Waals surface area contributed by atoms with Crippen LogP contribution in [0.1, 0.15) is 328 Å². The molecule has 0 unspecified atom stereocenters. The molecule has 15 fully saturated rings. The predicted octanol–water partition coefficient (Wildman–Crippen LogP) is 13.5. The Morgan fingerprint density at radius 1 is 0.345 bits per heavy atom. The van der Waals surface area contributed by atoms with Gasteiger partial charge in [0.1, 0.15) is 43.4 Å². The fourth-order valence-electron chi connectivity index (χ4n) is 23.7. The maximum absolute atomic E-state index is 12.9. The average molecular weight is 2130 g/mol. The maximum Gasteiger partial charge on any atom is 0.418 e. The van der Waals surface area contributed by atoms with Crippen molar-refractivity contribution in [2.75, 3.05) is 58.9 Å². The lowest BCUT2D eigenvalue weighted by molar-refractivity contribution is -0.929. The number of quaternary nitrogens is 1. The standard InChI is InChI=1S/2C21H26N4O3.C16H36N.C14H20N4O6S.2C13H19N5O6S/c2*1-14-9-16(10-14)11-19-22-23-20(28-19)18-8-7-17-12-24(18)21(26)25(17)27-13-15-5-3-2-4-6-15;1-5-9-13-17(14-10-6-2,15-11-7-3)16-12-8-4;1-8-4-9(5-8)6-12-15-16-13(23-12)11-3-2-10-7-17(11)14(19)18(10)24-25(20,21)22;2*14-8-3-7(4-8)5-11-15-16-12(23-11)10-2-1-9-6-17(10)13(19)18(9)24-25(20,21)22/h2*2-6,14,16-18H,7-13H2,1H3;5-16H2,1-4H3;8-11H,2-7H2,1H3,(H,20,21,22);2*7-10H,1-6,14H2,(H,20,21,22)/q;;+1;;;/p-1/t2*14?,16?,17-,18+;;8?,9?,10-,11+;2*7?,8?,9-,10+/m11.111/s1. The fraction of sp³-hybridized carbons (Fsp3) is 0.724. The Bertz CT molecular complexity index is 5430. The molecule has 7 aromatic rings. The number of nitrogens with two attached hydrogens (primary N) is 2. The Morgan fingerprint density at radius 3 is 0.797 bits per heavy atom. The van der Waals surface area contributed by atoms with Gasteiger partial charge in [-0.2, -0.15) is 46.4 Å². The first kappa shape index (κ1) is 109. The van der Waals surface area contributed by atoms with Crippen molar-refractivity contribution in [2.24, 2.45) is 58.8 Å². The van der Waals surface area contributed by atoms with Crippen LogP contribution in [-0.2, 0) is 99.0 Å². The van der Waals surface area contributed by atoms with Crippen LogP contribution in [-0.4, -0.2) is 276 Å². The topological polar surface area (TPSA) is 576 Å². The molecular weight excluding hydrogens is 1980 g/mol. The summed E-state index contributed by atoms with van der Waals surface area (Å²) in [5, 5.41) is 46.5. The lowest BCUT2D eigenvalue weighted by Crippen LogP contribution is -2.50. The summed E-state index contributed by atoms with van der Waals surface area (Å²) in [6, 6.07) is 15.4. The molecule has 10 aliphatic heterocycles. The van der Waals surface area contributed by atoms with Gasteiger partial charge in [0.15, 0.2) is 0 Å². The van der Waals surface area contributed by atoms with Crippen LogP contribution >= 0.6 is 0 Å². The molecule has 5 aromatic heterocycles. The number of carbonyl (C=O) groups excluding carboxylic acids is 5. The first-order chi connectivity index (χ1) is 71.0. The van der Waals surface area contributed by atoms with Crippen molar-refractivity contribution in [1.29, 1.82) is 0 Å². The molecule has 148 heavy (non-hydrogen) atoms. The normalized spacial score (nSPS) is 28.7. The number of rotatable bonds is 39. The largest absolute Gasteiger partial charge is 0.724 e. The molecule has 2 aromatic carbocycles. The van der Waals surface area contributed by atoms with Gasteiger partial charge in [0.05, 0.1) is 56.4 Å². The molecule has 10 bridgehead atoms. The van der Waals surface area contributed by atoms with Crippen LogP contribution in [0.3, 0.4) is 0 Å². The molecule has 15 heterocycles. The molecule has 10 saturated heterocycles. The average Bonchev–Trinajstić information content (AvgIpc) is 1.63. The molecule has 0 radical (unpaired) electrons. The van der Waals surface area contributed by atoms with Gasteiger partial charge in [-0.05, 0) is 213 Å². The highest BCUT2D eigenvalue weighted by Gasteiger charge is 2.55. The van der Waals surface area contributed by atoms with Gasteiger partial charge in [0.2, 0.25) is 69.3 Å². The van der Waals surface area contributed by atoms with Crippen LogP contribution in [0.4, 0.5) is 24.0 Å². The van der Waals surface area contributed by atoms with Crippen LogP contribution in [0, 0.1) is 47.3 Å². The van der Waals surface area contributed by atoms with Crippen molar-refractivity contribution in [1.82, 2.24) is 101 Å². The van der Waals surface area contributed by atoms with Gasteiger partial charge in [-0.3, -0.25) is 18.8 Å². The SMILES string of the molecule is CC1CC(Cc2nnc([C@@H]3CC[C@@H]4CN3C(=O)N4OCc3ccccc3)o2)C1.CC1CC(Cc2nnc([C@@H]3CC[C@@H]4CN3C(=O)N4OCc3ccccc3)o2)C1.CC1CC(Cc2nnc([C@@H]3CC[C@@H]4CN3C(=O)N4OS(=O)(=O)[O-])o2)C1.CCCC[N+](CCCC)(CCCC)CCCC.NC1CC(Cc2nnc([C@@H]3CC[C@@H]4CN3C(=O)N4OS(=O)(=O)O)o2)C1.NC1CC(Cc2nnc([C@@H]3CC[C@@H]4CN3C(=O)N4OS(=O)(=O)O)o2)C1. The highest BCUT2D eigenvalue weighted by molar-refractivity contribution is 7.81. The Labute approximate surface area is 863 Å². The third-order valence-corrected chi connectivity index (χ3v) is 32.7. The highest BCUT2D eigenvalue weighted by atomic mass is 32.3. The van der Waals surface area contributed by atoms with E-state index in [0.29, 0.717) is 181 Å². The Morgan fingerprint density at radius 2 is 0.574 bits per heavy atom. The van der Waals surface area contributed by atoms with Crippen LogP contribution in [0.25, 0.3) is 0 Å². The zero-order chi connectivity index (χ0) is 104. The van der Waals surface area contributed by atoms with E-state index in [4.69, 9.17) is 52.3 Å². The van der Waals surface area contributed by atoms with Gasteiger partial charge < -0.3 is 67.1 Å². The van der Waals surface area contributed by atoms with Crippen LogP contribution in [0.5, 0.6) is 0 Å². The van der Waals surface area contributed by atoms with E-state index in [1.807, 2.05) is 70.5 Å². The summed E-state index contributed by atoms with van der Waals surface area (Å²) in [6.07, 6.45) is 32.4. The van der Waals surface area contributed by atoms with E-state index >= 15 is 0 Å². The molecule has 6 N–H and O–H groups in total. The van der Waals surface area contributed by atoms with E-state index in [2.05, 4.69) is 112 Å². The monoisotopic (exact) mass is 2120 g/mol. The van der Waals surface area contributed by atoms with Gasteiger partial charge in [0, 0.05) is 76.9 Å². The molecular formula is C98H145N23O24S3. The van der Waals surface area contributed by atoms with E-state index in [1.54, 1.807) is 10.1 Å². The number of hydroxylamine groups is 10. The molecule has 0 spiro atoms. The second kappa shape index (κ2) is 48.3. The molecule has 5 aliphatic carbocycles. The summed E-state index contributed by atoms with van der Waals surface area (Å²) in [6.45, 7) is 24.7. The summed E-state index contributed by atoms with van der Waals surface area (Å²) in [5.74, 6) is 10.3. The predicted molar refractivity (Wildman–Crippen MR) is 523 cm³/mol. The van der Waals surface area contributed by atoms with Gasteiger partial charge in [0.25, 0.3) is 0 Å². The van der Waals surface area contributed by atoms with E-state index in [1.165, 1.54) is 122 Å². The number of aromatic nitrogens is 10. The fourth-order valence-corrected chi connectivity index (χ4v) is 24.9. The summed E-state index contributed by atoms with van der Waals surface area (Å²) in [5.41, 5.74) is 13.6. The van der Waals surface area contributed by atoms with Crippen LogP contribution < -0.4 is 11.5 Å². The third kappa shape index (κ3) is 27.3. The minimum absolute atomic E-state index is 0.0892. The lowest BCUT2D eigenvalue weighted by atomic mass is 9.74. The highest BCUT2D eigenvalue weighted by Crippen LogP contribution is 2.47. The van der Waals surface area contributed by atoms with E-state index in [9.17, 15) is 53.8 Å². The van der Waals surface area contributed by atoms with Gasteiger partial charge in [-0.1, -0.05) is 135 Å². The summed E-state index contributed by atoms with van der Waals surface area (Å²) >= 11 is 0. The quantitative estimate of drug-likeness (QED) is 0.0158. The summed E-state index contributed by atoms with van der Waals surface area (Å²) in [4.78, 5) is 82.6. The number of benzene rings is 2. The van der Waals surface area contributed by atoms with Gasteiger partial charge in [-0.25, -0.2) is 32.4 Å². The van der Waals surface area contributed by atoms with Crippen molar-refractivity contribution in [3.05, 3.63) is 131 Å². The minimum Gasteiger partial charge on any atom is -0.724 e. The zero-order valence-electron chi connectivity index (χ0n) is 85.6. The number of fused-ring (bicyclic) bond motifs is 10. The molecule has 50 heteroatoms. The van der Waals surface area contributed by atoms with Crippen molar-refractivity contribution < 1.29 is 112 Å². The lowest BCUT2D eigenvalue weighted by Gasteiger charge is -2.39. The Hall–Kier alpha value is -10.1. The van der Waals surface area contributed by atoms with Crippen molar-refractivity contribution >= 4 is 61.4 Å². The molecule has 10 amide bonds. The second-order valence-electron chi connectivity index (χ2n) is 43.4. The first-order valence-electron chi connectivity index (χ1n) is 53.3. The molecule has 10 atom stereocenters. The molecule has 15 aliphatic rings. The van der Waals surface area contributed by atoms with Crippen LogP contribution in [0.2, 0.25) is 0 Å². The van der Waals surface area contributed by atoms with E-state index in [0.717, 1.165) is 112 Å². The van der Waals surface area contributed by atoms with Crippen molar-refractivity contribution in [3.8, 4) is 0 Å². The van der Waals surface area contributed by atoms with Crippen molar-refractivity contribution in [2.45, 2.75) is 346 Å². The van der Waals surface area contributed by atoms with Gasteiger partial charge >= 0.3 is 51.0 Å². The Balaban J connectivity index is 0.000000122. The number of piperidine rings is 5. The number of amides is 10. The summed E-state index contributed by atoms with van der Waals surface area (Å²) in [7, 11) is -14.5. The third-order valence-electron chi connectivity index (χ3n) is 31.6. The van der Waals surface area contributed by atoms with E-state index in [-0.39, 0.29) is 67.9 Å². The minimum atomic E-state index is -4.99. The van der Waals surface area contributed by atoms with Gasteiger partial charge in [-0.15, -0.1) is 59.6 Å². The number of urea groups is 5. The molecule has 5 saturated carbocycles. The number of hydrogen-bond donors (Lipinski definition) is 4. The smallest absolute Gasteiger partial charge is 0.418 e. The molecule has 22 rings (SSSR count). The number of hydrogen-bond acceptors (Lipinski definition) is 34. The Kier molecular flexibility index (Phi) is 35.6. The first-order valence-corrected chi connectivity index (χ1v) is 57.3. The van der Waals surface area contributed by atoms with E-state index < -0.39 is 85.5 Å². The molecule has 814 valence electrons. The molecule has 47 nitrogen and oxygen atoms in total. The second-order valence-corrected chi connectivity index (χ2v) is 46.4. The van der Waals surface area contributed by atoms with Crippen LogP contribution in [0.15, 0.2) is 82.7 Å². The van der Waals surface area contributed by atoms with Crippen molar-refractivity contribution in [3.63, 3.8) is 0 Å². The number of unbranched alkanes of at least 4 members (excludes halogenated alkanes) is 4. The zero-order valence-corrected chi connectivity index (χ0v) is 88.0. The number of nitrogens with zero attached hydrogens (tertiary/aromatic N) is 21.